The lowest BCUT2D eigenvalue weighted by atomic mass is 9.46. The van der Waals surface area contributed by atoms with Gasteiger partial charge in [-0.3, -0.25) is 0 Å². The van der Waals surface area contributed by atoms with Crippen LogP contribution in [-0.4, -0.2) is 34.5 Å². The van der Waals surface area contributed by atoms with Crippen molar-refractivity contribution in [3.8, 4) is 0 Å². The summed E-state index contributed by atoms with van der Waals surface area (Å²) in [5.74, 6) is 0.356. The molecule has 0 aromatic rings. The Morgan fingerprint density at radius 3 is 2.62 bits per heavy atom. The predicted molar refractivity (Wildman–Crippen MR) is 94.6 cm³/mol. The number of hydrogen-bond donors (Lipinski definition) is 3. The highest BCUT2D eigenvalue weighted by Crippen LogP contribution is 2.62. The molecule has 3 N–H and O–H groups in total. The van der Waals surface area contributed by atoms with E-state index in [2.05, 4.69) is 20.8 Å². The lowest BCUT2D eigenvalue weighted by molar-refractivity contribution is -0.140. The van der Waals surface area contributed by atoms with Gasteiger partial charge in [0.2, 0.25) is 0 Å². The number of carboxylic acid groups (broad SMARTS) is 1. The van der Waals surface area contributed by atoms with E-state index >= 15 is 0 Å². The van der Waals surface area contributed by atoms with E-state index in [-0.39, 0.29) is 24.5 Å². The van der Waals surface area contributed by atoms with Crippen molar-refractivity contribution < 1.29 is 20.1 Å². The van der Waals surface area contributed by atoms with Crippen molar-refractivity contribution >= 4 is 5.97 Å². The molecule has 2 aliphatic rings. The second-order valence-electron chi connectivity index (χ2n) is 8.47. The van der Waals surface area contributed by atoms with Crippen molar-refractivity contribution in [2.75, 3.05) is 13.2 Å². The SMILES string of the molecule is C[C@H](CCO)CC[C@@]1(C)[C@H](C)CC[C@@]2(CO)C(C(=O)O)=CCC[C@@H]21. The van der Waals surface area contributed by atoms with Crippen LogP contribution in [-0.2, 0) is 4.79 Å². The Kier molecular flexibility index (Phi) is 6.14. The van der Waals surface area contributed by atoms with Gasteiger partial charge in [-0.2, -0.15) is 0 Å². The third-order valence-electron chi connectivity index (χ3n) is 7.26. The van der Waals surface area contributed by atoms with E-state index in [0.29, 0.717) is 17.4 Å². The molecule has 1 fully saturated rings. The average Bonchev–Trinajstić information content (AvgIpc) is 2.56. The van der Waals surface area contributed by atoms with Gasteiger partial charge in [-0.05, 0) is 61.7 Å². The van der Waals surface area contributed by atoms with Gasteiger partial charge in [-0.15, -0.1) is 0 Å². The largest absolute Gasteiger partial charge is 0.478 e. The Balaban J connectivity index is 2.31. The van der Waals surface area contributed by atoms with Crippen LogP contribution < -0.4 is 0 Å². The van der Waals surface area contributed by atoms with E-state index in [4.69, 9.17) is 5.11 Å². The molecule has 0 aliphatic heterocycles. The number of aliphatic hydroxyl groups excluding tert-OH is 2. The third-order valence-corrected chi connectivity index (χ3v) is 7.26. The molecule has 0 unspecified atom stereocenters. The minimum atomic E-state index is -0.862. The maximum atomic E-state index is 11.8. The van der Waals surface area contributed by atoms with Gasteiger partial charge in [0, 0.05) is 17.6 Å². The van der Waals surface area contributed by atoms with Crippen molar-refractivity contribution in [2.45, 2.75) is 65.7 Å². The van der Waals surface area contributed by atoms with Crippen LogP contribution in [0.4, 0.5) is 0 Å². The van der Waals surface area contributed by atoms with Gasteiger partial charge >= 0.3 is 5.97 Å². The van der Waals surface area contributed by atoms with Crippen LogP contribution in [0.5, 0.6) is 0 Å². The second-order valence-corrected chi connectivity index (χ2v) is 8.47. The van der Waals surface area contributed by atoms with E-state index in [0.717, 1.165) is 44.9 Å². The summed E-state index contributed by atoms with van der Waals surface area (Å²) in [4.78, 5) is 11.8. The minimum absolute atomic E-state index is 0.0413. The number of fused-ring (bicyclic) bond motifs is 1. The van der Waals surface area contributed by atoms with Gasteiger partial charge in [0.1, 0.15) is 0 Å². The number of hydrogen-bond acceptors (Lipinski definition) is 3. The van der Waals surface area contributed by atoms with Crippen molar-refractivity contribution in [1.29, 1.82) is 0 Å². The molecule has 0 spiro atoms. The standard InChI is InChI=1S/C20H34O4/c1-14(9-12-21)7-10-19(3)15(2)8-11-20(13-22)16(18(23)24)5-4-6-17(19)20/h5,14-15,17,21-22H,4,6-13H2,1-3H3,(H,23,24)/t14-,15+,17+,19-,20+/m0/s1. The molecule has 0 radical (unpaired) electrons. The van der Waals surface area contributed by atoms with Gasteiger partial charge in [-0.1, -0.05) is 33.3 Å². The van der Waals surface area contributed by atoms with Crippen LogP contribution in [0.2, 0.25) is 0 Å². The van der Waals surface area contributed by atoms with Crippen LogP contribution in [0.15, 0.2) is 11.6 Å². The molecule has 0 bridgehead atoms. The highest BCUT2D eigenvalue weighted by atomic mass is 16.4. The Bertz CT molecular complexity index is 486. The summed E-state index contributed by atoms with van der Waals surface area (Å²) in [5, 5.41) is 29.1. The number of carboxylic acids is 1. The molecule has 2 aliphatic carbocycles. The van der Waals surface area contributed by atoms with E-state index < -0.39 is 11.4 Å². The quantitative estimate of drug-likeness (QED) is 0.662. The Labute approximate surface area is 146 Å². The minimum Gasteiger partial charge on any atom is -0.478 e. The summed E-state index contributed by atoms with van der Waals surface area (Å²) in [5.41, 5.74) is -0.0895. The summed E-state index contributed by atoms with van der Waals surface area (Å²) >= 11 is 0. The smallest absolute Gasteiger partial charge is 0.331 e. The van der Waals surface area contributed by atoms with Crippen LogP contribution in [0.25, 0.3) is 0 Å². The highest BCUT2D eigenvalue weighted by Gasteiger charge is 2.57. The van der Waals surface area contributed by atoms with Crippen molar-refractivity contribution in [3.63, 3.8) is 0 Å². The van der Waals surface area contributed by atoms with Gasteiger partial charge in [-0.25, -0.2) is 4.79 Å². The Morgan fingerprint density at radius 1 is 1.33 bits per heavy atom. The summed E-state index contributed by atoms with van der Waals surface area (Å²) in [6.07, 6.45) is 8.25. The average molecular weight is 338 g/mol. The summed E-state index contributed by atoms with van der Waals surface area (Å²) < 4.78 is 0. The molecule has 138 valence electrons. The van der Waals surface area contributed by atoms with Gasteiger partial charge in [0.25, 0.3) is 0 Å². The van der Waals surface area contributed by atoms with Crippen LogP contribution in [0, 0.1) is 28.6 Å². The van der Waals surface area contributed by atoms with Crippen LogP contribution in [0.1, 0.15) is 65.7 Å². The first kappa shape index (κ1) is 19.5. The molecular formula is C20H34O4. The Morgan fingerprint density at radius 2 is 2.04 bits per heavy atom. The first-order valence-corrected chi connectivity index (χ1v) is 9.47. The summed E-state index contributed by atoms with van der Waals surface area (Å²) in [7, 11) is 0. The fourth-order valence-electron chi connectivity index (χ4n) is 5.40. The van der Waals surface area contributed by atoms with E-state index in [9.17, 15) is 15.0 Å². The normalized spacial score (nSPS) is 37.5. The number of allylic oxidation sites excluding steroid dienone is 1. The van der Waals surface area contributed by atoms with E-state index in [1.165, 1.54) is 0 Å². The topological polar surface area (TPSA) is 77.8 Å². The van der Waals surface area contributed by atoms with E-state index in [1.54, 1.807) is 0 Å². The fourth-order valence-corrected chi connectivity index (χ4v) is 5.40. The number of rotatable bonds is 7. The summed E-state index contributed by atoms with van der Waals surface area (Å²) in [6, 6.07) is 0. The molecule has 0 heterocycles. The Hall–Kier alpha value is -0.870. The third kappa shape index (κ3) is 3.28. The predicted octanol–water partition coefficient (Wildman–Crippen LogP) is 3.62. The first-order valence-electron chi connectivity index (χ1n) is 9.47. The summed E-state index contributed by atoms with van der Waals surface area (Å²) in [6.45, 7) is 6.93. The van der Waals surface area contributed by atoms with Crippen LogP contribution in [0.3, 0.4) is 0 Å². The molecule has 0 aromatic carbocycles. The molecule has 24 heavy (non-hydrogen) atoms. The van der Waals surface area contributed by atoms with Gasteiger partial charge < -0.3 is 15.3 Å². The lowest BCUT2D eigenvalue weighted by Crippen LogP contribution is -2.54. The number of aliphatic carboxylic acids is 1. The molecule has 1 saturated carbocycles. The molecule has 0 saturated heterocycles. The monoisotopic (exact) mass is 338 g/mol. The fraction of sp³-hybridized carbons (Fsp3) is 0.850. The second kappa shape index (κ2) is 7.57. The van der Waals surface area contributed by atoms with Gasteiger partial charge in [0.05, 0.1) is 6.61 Å². The van der Waals surface area contributed by atoms with Crippen molar-refractivity contribution in [3.05, 3.63) is 11.6 Å². The van der Waals surface area contributed by atoms with Crippen molar-refractivity contribution in [1.82, 2.24) is 0 Å². The van der Waals surface area contributed by atoms with Crippen molar-refractivity contribution in [2.24, 2.45) is 28.6 Å². The van der Waals surface area contributed by atoms with E-state index in [1.807, 2.05) is 6.08 Å². The molecule has 2 rings (SSSR count). The maximum absolute atomic E-state index is 11.8. The molecule has 4 nitrogen and oxygen atoms in total. The molecular weight excluding hydrogens is 304 g/mol. The molecule has 4 heteroatoms. The zero-order chi connectivity index (χ0) is 18.0. The molecule has 0 amide bonds. The molecule has 5 atom stereocenters. The van der Waals surface area contributed by atoms with Crippen LogP contribution >= 0.6 is 0 Å². The first-order chi connectivity index (χ1) is 11.3. The highest BCUT2D eigenvalue weighted by molar-refractivity contribution is 5.88. The number of carbonyl (C=O) groups is 1. The van der Waals surface area contributed by atoms with Gasteiger partial charge in [0.15, 0.2) is 0 Å². The zero-order valence-corrected chi connectivity index (χ0v) is 15.4. The molecule has 0 aromatic heterocycles. The maximum Gasteiger partial charge on any atom is 0.331 e. The zero-order valence-electron chi connectivity index (χ0n) is 15.4. The number of aliphatic hydroxyl groups is 2. The lowest BCUT2D eigenvalue weighted by Gasteiger charge is -2.58.